The number of esters is 2. The third kappa shape index (κ3) is 5.73. The number of hydrogen-bond donors (Lipinski definition) is 2. The van der Waals surface area contributed by atoms with Crippen LogP contribution in [0.5, 0.6) is 0 Å². The second kappa shape index (κ2) is 16.6. The Morgan fingerprint density at radius 2 is 1.25 bits per heavy atom. The summed E-state index contributed by atoms with van der Waals surface area (Å²) in [5.41, 5.74) is -5.69. The number of aliphatic hydroxyl groups excluding tert-OH is 1. The van der Waals surface area contributed by atoms with Gasteiger partial charge in [-0.05, 0) is 90.2 Å². The van der Waals surface area contributed by atoms with Gasteiger partial charge < -0.3 is 38.6 Å². The molecule has 0 aromatic heterocycles. The fraction of sp³-hybridized carbons (Fsp3) is 0.818. The first-order chi connectivity index (χ1) is 26.8. The van der Waals surface area contributed by atoms with E-state index in [9.17, 15) is 29.4 Å². The average molecular weight is 900 g/mol. The number of carbonyl (C=O) groups excluding carboxylic acids is 4. The molecule has 2 N–H and O–H groups in total. The number of aliphatic hydroxyl groups is 2. The quantitative estimate of drug-likeness (QED) is 0.215. The summed E-state index contributed by atoms with van der Waals surface area (Å²) in [6, 6.07) is 0. The molecule has 8 aliphatic rings. The molecule has 0 aromatic rings. The van der Waals surface area contributed by atoms with Crippen molar-refractivity contribution in [1.82, 2.24) is 0 Å². The van der Waals surface area contributed by atoms with E-state index in [-0.39, 0.29) is 62.5 Å². The summed E-state index contributed by atoms with van der Waals surface area (Å²) in [5, 5.41) is 22.7. The molecule has 6 fully saturated rings. The number of carbonyl (C=O) groups is 4. The van der Waals surface area contributed by atoms with E-state index in [4.69, 9.17) is 36.1 Å². The van der Waals surface area contributed by atoms with Crippen molar-refractivity contribution >= 4 is 38.3 Å². The second-order valence-electron chi connectivity index (χ2n) is 17.7. The van der Waals surface area contributed by atoms with Gasteiger partial charge in [0.1, 0.15) is 29.0 Å². The molecule has 15 heteroatoms. The molecule has 59 heavy (non-hydrogen) atoms. The Bertz CT molecular complexity index is 1820. The predicted octanol–water partition coefficient (Wildman–Crippen LogP) is 5.93. The first-order valence-corrected chi connectivity index (χ1v) is 22.0. The zero-order valence-corrected chi connectivity index (χ0v) is 36.7. The molecule has 4 bridgehead atoms. The zero-order chi connectivity index (χ0) is 42.3. The summed E-state index contributed by atoms with van der Waals surface area (Å²) in [5.74, 6) is -2.29. The fourth-order valence-electron chi connectivity index (χ4n) is 13.8. The molecule has 0 radical (unpaired) electrons. The number of ether oxygens (including phenoxy) is 6. The van der Waals surface area contributed by atoms with Gasteiger partial charge in [-0.3, -0.25) is 19.2 Å². The molecular formula is C44H68O14Se. The van der Waals surface area contributed by atoms with Gasteiger partial charge in [-0.15, -0.1) is 0 Å². The van der Waals surface area contributed by atoms with Crippen molar-refractivity contribution in [1.29, 1.82) is 0 Å². The Morgan fingerprint density at radius 3 is 1.81 bits per heavy atom. The summed E-state index contributed by atoms with van der Waals surface area (Å²) in [6.45, 7) is 21.0. The van der Waals surface area contributed by atoms with E-state index < -0.39 is 83.2 Å². The molecule has 0 spiro atoms. The summed E-state index contributed by atoms with van der Waals surface area (Å²) < 4.78 is 54.5. The molecule has 334 valence electrons. The first-order valence-electron chi connectivity index (χ1n) is 20.6. The monoisotopic (exact) mass is 900 g/mol. The van der Waals surface area contributed by atoms with E-state index >= 15 is 0 Å². The first kappa shape index (κ1) is 49.1. The van der Waals surface area contributed by atoms with Crippen LogP contribution in [0.15, 0.2) is 22.5 Å². The van der Waals surface area contributed by atoms with Gasteiger partial charge >= 0.3 is 34.4 Å². The van der Waals surface area contributed by atoms with Crippen molar-refractivity contribution < 1.29 is 65.5 Å². The molecule has 8 rings (SSSR count). The van der Waals surface area contributed by atoms with E-state index in [1.165, 1.54) is 0 Å². The molecule has 13 atom stereocenters. The van der Waals surface area contributed by atoms with Crippen LogP contribution >= 0.6 is 0 Å². The van der Waals surface area contributed by atoms with Gasteiger partial charge in [-0.1, -0.05) is 42.5 Å². The Balaban J connectivity index is 0.000000237. The Labute approximate surface area is 355 Å². The maximum atomic E-state index is 13.2. The van der Waals surface area contributed by atoms with Gasteiger partial charge in [-0.25, -0.2) is 0 Å². The number of allylic oxidation sites excluding steroid dienone is 2. The number of fused-ring (bicyclic) bond motifs is 4. The van der Waals surface area contributed by atoms with Crippen LogP contribution in [-0.4, -0.2) is 115 Å². The molecule has 6 aliphatic carbocycles. The van der Waals surface area contributed by atoms with Crippen LogP contribution in [0, 0.1) is 34.5 Å². The Morgan fingerprint density at radius 1 is 0.763 bits per heavy atom. The third-order valence-corrected chi connectivity index (χ3v) is 15.6. The van der Waals surface area contributed by atoms with Crippen LogP contribution < -0.4 is 0 Å². The molecule has 14 nitrogen and oxygen atoms in total. The third-order valence-electron chi connectivity index (χ3n) is 15.6. The van der Waals surface area contributed by atoms with Crippen LogP contribution in [0.3, 0.4) is 0 Å². The minimum atomic E-state index is -1.88. The van der Waals surface area contributed by atoms with Gasteiger partial charge in [0.15, 0.2) is 17.1 Å². The van der Waals surface area contributed by atoms with Crippen LogP contribution in [0.1, 0.15) is 129 Å². The number of ketones is 2. The van der Waals surface area contributed by atoms with Crippen molar-refractivity contribution in [3.63, 3.8) is 0 Å². The van der Waals surface area contributed by atoms with Crippen LogP contribution in [0.2, 0.25) is 0 Å². The van der Waals surface area contributed by atoms with Crippen molar-refractivity contribution in [2.45, 2.75) is 169 Å². The summed E-state index contributed by atoms with van der Waals surface area (Å²) in [4.78, 5) is 51.4. The second-order valence-corrected chi connectivity index (χ2v) is 18.0. The van der Waals surface area contributed by atoms with Gasteiger partial charge in [0.05, 0.1) is 18.8 Å². The SMILES string of the molecule is C.C.CCOC1C(C)CCC2(OCC)C3(C)CC(=O)OC12C1(O)C(C)=C(O)C(=O)C31.CCOC1C(C)CCC2(OCC)C3(C)CC(=O)OC12C1=C(C)C(=O)CC13.O=[Se]=O. The van der Waals surface area contributed by atoms with Crippen molar-refractivity contribution in [3.05, 3.63) is 22.5 Å². The van der Waals surface area contributed by atoms with E-state index in [1.54, 1.807) is 6.92 Å². The number of hydrogen-bond acceptors (Lipinski definition) is 14. The van der Waals surface area contributed by atoms with Crippen LogP contribution in [0.4, 0.5) is 0 Å². The van der Waals surface area contributed by atoms with E-state index in [1.807, 2.05) is 48.5 Å². The maximum absolute atomic E-state index is 13.2. The topological polar surface area (TPSA) is 198 Å². The molecule has 2 heterocycles. The van der Waals surface area contributed by atoms with Gasteiger partial charge in [0.2, 0.25) is 11.4 Å². The van der Waals surface area contributed by atoms with Gasteiger partial charge in [0.25, 0.3) is 0 Å². The van der Waals surface area contributed by atoms with Crippen molar-refractivity contribution in [2.24, 2.45) is 34.5 Å². The molecule has 2 aliphatic heterocycles. The summed E-state index contributed by atoms with van der Waals surface area (Å²) in [7, 11) is 0. The summed E-state index contributed by atoms with van der Waals surface area (Å²) in [6.07, 6.45) is 2.85. The van der Waals surface area contributed by atoms with Gasteiger partial charge in [0, 0.05) is 55.2 Å². The van der Waals surface area contributed by atoms with Crippen LogP contribution in [0.25, 0.3) is 0 Å². The average Bonchev–Trinajstić information content (AvgIpc) is 3.60. The molecular weight excluding hydrogens is 831 g/mol. The number of Topliss-reactive ketones (excluding diaryl/α,β-unsaturated/α-hetero) is 2. The van der Waals surface area contributed by atoms with E-state index in [0.29, 0.717) is 45.7 Å². The fourth-order valence-corrected chi connectivity index (χ4v) is 13.8. The molecule has 2 saturated heterocycles. The predicted molar refractivity (Wildman–Crippen MR) is 215 cm³/mol. The Kier molecular flexibility index (Phi) is 13.9. The van der Waals surface area contributed by atoms with Gasteiger partial charge in [-0.2, -0.15) is 0 Å². The van der Waals surface area contributed by atoms with E-state index in [0.717, 1.165) is 30.4 Å². The number of rotatable bonds is 8. The molecule has 0 aromatic carbocycles. The Hall–Kier alpha value is -2.52. The molecule has 13 unspecified atom stereocenters. The zero-order valence-electron chi connectivity index (χ0n) is 34.9. The minimum absolute atomic E-state index is 0. The molecule has 4 saturated carbocycles. The summed E-state index contributed by atoms with van der Waals surface area (Å²) >= 11 is -1.62. The van der Waals surface area contributed by atoms with E-state index in [2.05, 4.69) is 13.8 Å². The van der Waals surface area contributed by atoms with Crippen molar-refractivity contribution in [3.8, 4) is 0 Å². The standard InChI is InChI=1S/C21H30O7.C21H30O5.2CH4.O2Se/c1-6-26-17-11(3)8-9-19(27-7-2)18(5)10-13(22)28-21(17,19)20(25)12(4)14(23)15(24)16(18)20;1-6-24-18-12(3)8-9-20(25-7-2)19(5)11-16(23)26-21(18,20)17-13(4)15(22)10-14(17)19;;;1-3-2/h11,16-17,23,25H,6-10H2,1-5H3;12,14,18H,6-11H2,1-5H3;2*1H4;. The normalized spacial score (nSPS) is 44.6. The van der Waals surface area contributed by atoms with Crippen LogP contribution in [-0.2, 0) is 55.3 Å². The molecule has 0 amide bonds. The van der Waals surface area contributed by atoms with Crippen molar-refractivity contribution in [2.75, 3.05) is 26.4 Å².